The summed E-state index contributed by atoms with van der Waals surface area (Å²) in [6.45, 7) is 11.5. The van der Waals surface area contributed by atoms with Crippen molar-refractivity contribution in [3.05, 3.63) is 46.5 Å². The Balaban J connectivity index is 2.51. The lowest BCUT2D eigenvalue weighted by Gasteiger charge is -2.26. The zero-order valence-corrected chi connectivity index (χ0v) is 19.8. The van der Waals surface area contributed by atoms with Crippen molar-refractivity contribution in [1.82, 2.24) is 0 Å². The molecule has 2 rings (SSSR count). The van der Waals surface area contributed by atoms with Crippen LogP contribution in [0, 0.1) is 0 Å². The molecule has 7 heteroatoms. The SMILES string of the molecule is COc1c(C=O)ccc(OC(=O)Oc2ccc(C=O)c(OC)c2C(C)(C)C)c1C(C)(C)C. The molecule has 0 N–H and O–H groups in total. The number of hydrogen-bond acceptors (Lipinski definition) is 7. The molecule has 0 saturated heterocycles. The Kier molecular flexibility index (Phi) is 7.34. The summed E-state index contributed by atoms with van der Waals surface area (Å²) in [5.41, 5.74) is 0.833. The van der Waals surface area contributed by atoms with Gasteiger partial charge in [0.15, 0.2) is 12.6 Å². The number of methoxy groups -OCH3 is 2. The number of rotatable bonds is 6. The van der Waals surface area contributed by atoms with Gasteiger partial charge in [-0.05, 0) is 35.1 Å². The molecule has 2 aromatic carbocycles. The van der Waals surface area contributed by atoms with Crippen LogP contribution in [0.3, 0.4) is 0 Å². The van der Waals surface area contributed by atoms with Crippen molar-refractivity contribution in [3.8, 4) is 23.0 Å². The summed E-state index contributed by atoms with van der Waals surface area (Å²) in [5.74, 6) is 1.12. The number of hydrogen-bond donors (Lipinski definition) is 0. The van der Waals surface area contributed by atoms with Crippen molar-refractivity contribution in [1.29, 1.82) is 0 Å². The van der Waals surface area contributed by atoms with Crippen molar-refractivity contribution < 1.29 is 33.3 Å². The molecule has 0 aromatic heterocycles. The Morgan fingerprint density at radius 1 is 0.688 bits per heavy atom. The van der Waals surface area contributed by atoms with E-state index in [1.807, 2.05) is 41.5 Å². The predicted molar refractivity (Wildman–Crippen MR) is 121 cm³/mol. The zero-order chi connectivity index (χ0) is 24.3. The standard InChI is InChI=1S/C25H30O7/c1-24(2,3)19-17(11-9-15(13-26)21(19)29-7)31-23(28)32-18-12-10-16(14-27)22(30-8)20(18)25(4,5)6/h9-14H,1-8H3. The average Bonchev–Trinajstić information content (AvgIpc) is 2.70. The molecule has 2 aromatic rings. The second-order valence-electron chi connectivity index (χ2n) is 9.31. The fourth-order valence-electron chi connectivity index (χ4n) is 3.58. The van der Waals surface area contributed by atoms with Crippen LogP contribution in [0.5, 0.6) is 23.0 Å². The number of benzene rings is 2. The van der Waals surface area contributed by atoms with Gasteiger partial charge in [0.1, 0.15) is 23.0 Å². The van der Waals surface area contributed by atoms with Crippen molar-refractivity contribution >= 4 is 18.7 Å². The third-order valence-corrected chi connectivity index (χ3v) is 4.85. The lowest BCUT2D eigenvalue weighted by molar-refractivity contribution is 0.111. The van der Waals surface area contributed by atoms with Gasteiger partial charge < -0.3 is 18.9 Å². The monoisotopic (exact) mass is 442 g/mol. The van der Waals surface area contributed by atoms with Gasteiger partial charge in [-0.3, -0.25) is 9.59 Å². The van der Waals surface area contributed by atoms with Gasteiger partial charge >= 0.3 is 6.16 Å². The third kappa shape index (κ3) is 5.10. The van der Waals surface area contributed by atoms with Crippen LogP contribution < -0.4 is 18.9 Å². The van der Waals surface area contributed by atoms with Crippen LogP contribution in [0.2, 0.25) is 0 Å². The van der Waals surface area contributed by atoms with Crippen LogP contribution in [0.25, 0.3) is 0 Å². The molecule has 7 nitrogen and oxygen atoms in total. The minimum atomic E-state index is -0.970. The summed E-state index contributed by atoms with van der Waals surface area (Å²) >= 11 is 0. The van der Waals surface area contributed by atoms with E-state index in [9.17, 15) is 14.4 Å². The van der Waals surface area contributed by atoms with E-state index in [1.165, 1.54) is 38.5 Å². The molecule has 0 spiro atoms. The normalized spacial score (nSPS) is 11.5. The highest BCUT2D eigenvalue weighted by Crippen LogP contribution is 2.42. The number of carbonyl (C=O) groups excluding carboxylic acids is 3. The van der Waals surface area contributed by atoms with Crippen LogP contribution in [0.1, 0.15) is 73.4 Å². The lowest BCUT2D eigenvalue weighted by atomic mass is 9.84. The first kappa shape index (κ1) is 24.9. The third-order valence-electron chi connectivity index (χ3n) is 4.85. The van der Waals surface area contributed by atoms with Gasteiger partial charge in [0.2, 0.25) is 0 Å². The Bertz CT molecular complexity index is 943. The van der Waals surface area contributed by atoms with Gasteiger partial charge in [0.25, 0.3) is 0 Å². The molecule has 0 unspecified atom stereocenters. The summed E-state index contributed by atoms with van der Waals surface area (Å²) in [5, 5.41) is 0. The molecule has 0 saturated carbocycles. The Morgan fingerprint density at radius 3 is 1.28 bits per heavy atom. The molecule has 32 heavy (non-hydrogen) atoms. The van der Waals surface area contributed by atoms with Gasteiger partial charge in [0.05, 0.1) is 25.3 Å². The van der Waals surface area contributed by atoms with Crippen LogP contribution in [0.15, 0.2) is 24.3 Å². The topological polar surface area (TPSA) is 88.1 Å². The molecular formula is C25H30O7. The largest absolute Gasteiger partial charge is 0.519 e. The molecule has 172 valence electrons. The quantitative estimate of drug-likeness (QED) is 0.331. The Morgan fingerprint density at radius 2 is 1.03 bits per heavy atom. The molecular weight excluding hydrogens is 412 g/mol. The van der Waals surface area contributed by atoms with E-state index in [0.717, 1.165) is 0 Å². The second kappa shape index (κ2) is 9.42. The summed E-state index contributed by atoms with van der Waals surface area (Å²) < 4.78 is 22.0. The molecule has 0 fully saturated rings. The first-order valence-corrected chi connectivity index (χ1v) is 10.1. The van der Waals surface area contributed by atoms with Crippen LogP contribution in [0.4, 0.5) is 4.79 Å². The highest BCUT2D eigenvalue weighted by atomic mass is 16.7. The fraction of sp³-hybridized carbons (Fsp3) is 0.400. The number of ether oxygens (including phenoxy) is 4. The maximum Gasteiger partial charge on any atom is 0.519 e. The maximum absolute atomic E-state index is 12.8. The molecule has 0 aliphatic rings. The van der Waals surface area contributed by atoms with E-state index >= 15 is 0 Å². The Hall–Kier alpha value is -3.35. The summed E-state index contributed by atoms with van der Waals surface area (Å²) in [6.07, 6.45) is 0.405. The molecule has 0 heterocycles. The Labute approximate surface area is 188 Å². The van der Waals surface area contributed by atoms with E-state index in [0.29, 0.717) is 46.3 Å². The molecule has 0 bridgehead atoms. The van der Waals surface area contributed by atoms with Crippen molar-refractivity contribution in [2.45, 2.75) is 52.4 Å². The van der Waals surface area contributed by atoms with E-state index in [1.54, 1.807) is 0 Å². The summed E-state index contributed by atoms with van der Waals surface area (Å²) in [4.78, 5) is 35.7. The second-order valence-corrected chi connectivity index (χ2v) is 9.31. The number of aldehydes is 2. The van der Waals surface area contributed by atoms with E-state index in [-0.39, 0.29) is 11.5 Å². The molecule has 0 aliphatic heterocycles. The zero-order valence-electron chi connectivity index (χ0n) is 19.8. The van der Waals surface area contributed by atoms with E-state index < -0.39 is 17.0 Å². The van der Waals surface area contributed by atoms with Crippen LogP contribution in [-0.4, -0.2) is 32.9 Å². The first-order chi connectivity index (χ1) is 14.9. The summed E-state index contributed by atoms with van der Waals surface area (Å²) in [7, 11) is 2.91. The molecule has 0 atom stereocenters. The van der Waals surface area contributed by atoms with Crippen molar-refractivity contribution in [2.75, 3.05) is 14.2 Å². The minimum absolute atomic E-state index is 0.221. The highest BCUT2D eigenvalue weighted by molar-refractivity contribution is 5.83. The molecule has 0 aliphatic carbocycles. The molecule has 0 radical (unpaired) electrons. The average molecular weight is 443 g/mol. The van der Waals surface area contributed by atoms with Gasteiger partial charge in [-0.1, -0.05) is 41.5 Å². The predicted octanol–water partition coefficient (Wildman–Crippen LogP) is 5.50. The summed E-state index contributed by atoms with van der Waals surface area (Å²) in [6, 6.07) is 6.11. The fourth-order valence-corrected chi connectivity index (χ4v) is 3.58. The smallest absolute Gasteiger partial charge is 0.496 e. The minimum Gasteiger partial charge on any atom is -0.496 e. The lowest BCUT2D eigenvalue weighted by Crippen LogP contribution is -2.22. The highest BCUT2D eigenvalue weighted by Gasteiger charge is 2.30. The van der Waals surface area contributed by atoms with E-state index in [4.69, 9.17) is 18.9 Å². The first-order valence-electron chi connectivity index (χ1n) is 10.1. The number of carbonyl (C=O) groups is 3. The van der Waals surface area contributed by atoms with Crippen molar-refractivity contribution in [2.24, 2.45) is 0 Å². The van der Waals surface area contributed by atoms with Crippen molar-refractivity contribution in [3.63, 3.8) is 0 Å². The maximum atomic E-state index is 12.8. The van der Waals surface area contributed by atoms with Crippen LogP contribution >= 0.6 is 0 Å². The van der Waals surface area contributed by atoms with Gasteiger partial charge in [-0.25, -0.2) is 4.79 Å². The van der Waals surface area contributed by atoms with Crippen LogP contribution in [-0.2, 0) is 10.8 Å². The molecule has 0 amide bonds. The van der Waals surface area contributed by atoms with Gasteiger partial charge in [-0.2, -0.15) is 0 Å². The van der Waals surface area contributed by atoms with E-state index in [2.05, 4.69) is 0 Å². The van der Waals surface area contributed by atoms with Gasteiger partial charge in [-0.15, -0.1) is 0 Å². The van der Waals surface area contributed by atoms with Gasteiger partial charge in [0, 0.05) is 11.1 Å².